The summed E-state index contributed by atoms with van der Waals surface area (Å²) in [6, 6.07) is -0.250. The lowest BCUT2D eigenvalue weighted by molar-refractivity contribution is -0.0753. The van der Waals surface area contributed by atoms with Gasteiger partial charge in [-0.15, -0.1) is 0 Å². The standard InChI is InChI=1S/C5H12NO2/c1-3-4-5(2)6(7)8/h5,7H,3-4H2,1-2H3/q-1. The van der Waals surface area contributed by atoms with Crippen molar-refractivity contribution < 1.29 is 5.21 Å². The molecule has 0 aliphatic carbocycles. The minimum absolute atomic E-state index is 0.00347. The molecule has 3 nitrogen and oxygen atoms in total. The Morgan fingerprint density at radius 3 is 2.38 bits per heavy atom. The Labute approximate surface area is 49.5 Å². The van der Waals surface area contributed by atoms with Crippen LogP contribution in [-0.2, 0) is 0 Å². The topological polar surface area (TPSA) is 46.5 Å². The van der Waals surface area contributed by atoms with Gasteiger partial charge < -0.3 is 10.4 Å². The van der Waals surface area contributed by atoms with Gasteiger partial charge in [0.2, 0.25) is 0 Å². The maximum absolute atomic E-state index is 10.0. The summed E-state index contributed by atoms with van der Waals surface area (Å²) < 4.78 is 0. The second kappa shape index (κ2) is 3.83. The van der Waals surface area contributed by atoms with Crippen LogP contribution in [-0.4, -0.2) is 16.5 Å². The highest BCUT2D eigenvalue weighted by Crippen LogP contribution is 2.00. The lowest BCUT2D eigenvalue weighted by Gasteiger charge is -2.26. The average Bonchev–Trinajstić information content (AvgIpc) is 1.67. The fourth-order valence-corrected chi connectivity index (χ4v) is 0.528. The number of rotatable bonds is 3. The van der Waals surface area contributed by atoms with E-state index in [0.29, 0.717) is 0 Å². The van der Waals surface area contributed by atoms with Gasteiger partial charge in [0, 0.05) is 6.04 Å². The summed E-state index contributed by atoms with van der Waals surface area (Å²) >= 11 is 0. The van der Waals surface area contributed by atoms with Crippen LogP contribution in [0.3, 0.4) is 0 Å². The van der Waals surface area contributed by atoms with E-state index in [4.69, 9.17) is 5.21 Å². The molecule has 0 amide bonds. The molecule has 0 bridgehead atoms. The molecule has 3 heteroatoms. The van der Waals surface area contributed by atoms with Crippen LogP contribution < -0.4 is 0 Å². The minimum atomic E-state index is -0.250. The Morgan fingerprint density at radius 2 is 2.25 bits per heavy atom. The van der Waals surface area contributed by atoms with E-state index in [1.54, 1.807) is 6.92 Å². The van der Waals surface area contributed by atoms with E-state index in [1.807, 2.05) is 6.92 Å². The zero-order valence-corrected chi connectivity index (χ0v) is 5.29. The average molecular weight is 118 g/mol. The summed E-state index contributed by atoms with van der Waals surface area (Å²) in [6.45, 7) is 3.66. The molecule has 0 saturated carbocycles. The van der Waals surface area contributed by atoms with Gasteiger partial charge >= 0.3 is 0 Å². The van der Waals surface area contributed by atoms with Gasteiger partial charge in [-0.25, -0.2) is 0 Å². The molecule has 0 aromatic heterocycles. The molecule has 0 saturated heterocycles. The molecule has 0 aliphatic heterocycles. The van der Waals surface area contributed by atoms with Gasteiger partial charge in [-0.05, 0) is 13.3 Å². The molecule has 1 atom stereocenters. The summed E-state index contributed by atoms with van der Waals surface area (Å²) in [6.07, 6.45) is 1.68. The summed E-state index contributed by atoms with van der Waals surface area (Å²) in [7, 11) is 0. The zero-order valence-electron chi connectivity index (χ0n) is 5.29. The smallest absolute Gasteiger partial charge is 0.0188 e. The third-order valence-corrected chi connectivity index (χ3v) is 1.08. The minimum Gasteiger partial charge on any atom is -0.762 e. The summed E-state index contributed by atoms with van der Waals surface area (Å²) in [5.74, 6) is 0. The molecule has 0 fully saturated rings. The Morgan fingerprint density at radius 1 is 1.75 bits per heavy atom. The van der Waals surface area contributed by atoms with Crippen molar-refractivity contribution in [2.24, 2.45) is 0 Å². The highest BCUT2D eigenvalue weighted by atomic mass is 16.8. The summed E-state index contributed by atoms with van der Waals surface area (Å²) in [4.78, 5) is 0. The Balaban J connectivity index is 3.17. The van der Waals surface area contributed by atoms with Gasteiger partial charge in [-0.2, -0.15) is 0 Å². The highest BCUT2D eigenvalue weighted by Gasteiger charge is 1.97. The van der Waals surface area contributed by atoms with Crippen molar-refractivity contribution in [3.05, 3.63) is 5.21 Å². The number of hydrogen-bond donors (Lipinski definition) is 1. The van der Waals surface area contributed by atoms with Gasteiger partial charge in [0.1, 0.15) is 0 Å². The van der Waals surface area contributed by atoms with Crippen molar-refractivity contribution in [1.29, 1.82) is 0 Å². The van der Waals surface area contributed by atoms with Crippen molar-refractivity contribution in [3.8, 4) is 0 Å². The van der Waals surface area contributed by atoms with Crippen LogP contribution >= 0.6 is 0 Å². The molecule has 1 unspecified atom stereocenters. The molecular formula is C5H12NO2-. The van der Waals surface area contributed by atoms with Gasteiger partial charge in [0.05, 0.1) is 0 Å². The van der Waals surface area contributed by atoms with Crippen molar-refractivity contribution in [3.63, 3.8) is 0 Å². The fourth-order valence-electron chi connectivity index (χ4n) is 0.528. The number of hydroxylamine groups is 2. The first-order chi connectivity index (χ1) is 3.68. The summed E-state index contributed by atoms with van der Waals surface area (Å²) in [5, 5.41) is 18.2. The van der Waals surface area contributed by atoms with Crippen LogP contribution in [0.4, 0.5) is 0 Å². The molecule has 0 heterocycles. The van der Waals surface area contributed by atoms with Crippen LogP contribution in [0.1, 0.15) is 26.7 Å². The van der Waals surface area contributed by atoms with E-state index in [0.717, 1.165) is 12.8 Å². The second-order valence-corrected chi connectivity index (χ2v) is 1.94. The van der Waals surface area contributed by atoms with E-state index in [9.17, 15) is 5.21 Å². The van der Waals surface area contributed by atoms with Gasteiger partial charge in [-0.3, -0.25) is 5.23 Å². The Bertz CT molecular complexity index is 56.4. The molecule has 1 N–H and O–H groups in total. The van der Waals surface area contributed by atoms with Crippen LogP contribution in [0, 0.1) is 5.21 Å². The van der Waals surface area contributed by atoms with Gasteiger partial charge in [-0.1, -0.05) is 13.3 Å². The van der Waals surface area contributed by atoms with Crippen LogP contribution in [0.2, 0.25) is 0 Å². The normalized spacial score (nSPS) is 14.6. The molecule has 0 aromatic rings. The van der Waals surface area contributed by atoms with Crippen LogP contribution in [0.15, 0.2) is 0 Å². The molecule has 0 aromatic carbocycles. The lowest BCUT2D eigenvalue weighted by atomic mass is 10.2. The van der Waals surface area contributed by atoms with Crippen molar-refractivity contribution >= 4 is 0 Å². The highest BCUT2D eigenvalue weighted by molar-refractivity contribution is 4.56. The van der Waals surface area contributed by atoms with Gasteiger partial charge in [0.15, 0.2) is 0 Å². The van der Waals surface area contributed by atoms with E-state index in [1.165, 1.54) is 0 Å². The summed E-state index contributed by atoms with van der Waals surface area (Å²) in [5.41, 5.74) is 0. The monoisotopic (exact) mass is 118 g/mol. The molecule has 0 spiro atoms. The number of hydrogen-bond acceptors (Lipinski definition) is 3. The SMILES string of the molecule is CCCC(C)N([O-])O. The van der Waals surface area contributed by atoms with E-state index in [-0.39, 0.29) is 11.3 Å². The Hall–Kier alpha value is -0.120. The zero-order chi connectivity index (χ0) is 6.57. The maximum atomic E-state index is 10.0. The van der Waals surface area contributed by atoms with Crippen LogP contribution in [0.25, 0.3) is 0 Å². The quantitative estimate of drug-likeness (QED) is 0.569. The molecular weight excluding hydrogens is 106 g/mol. The second-order valence-electron chi connectivity index (χ2n) is 1.94. The first-order valence-corrected chi connectivity index (χ1v) is 2.83. The maximum Gasteiger partial charge on any atom is 0.0188 e. The largest absolute Gasteiger partial charge is 0.762 e. The predicted octanol–water partition coefficient (Wildman–Crippen LogP) is 1.36. The lowest BCUT2D eigenvalue weighted by Crippen LogP contribution is -2.22. The molecule has 0 radical (unpaired) electrons. The van der Waals surface area contributed by atoms with E-state index >= 15 is 0 Å². The van der Waals surface area contributed by atoms with E-state index < -0.39 is 0 Å². The first-order valence-electron chi connectivity index (χ1n) is 2.83. The van der Waals surface area contributed by atoms with Crippen LogP contribution in [0.5, 0.6) is 0 Å². The van der Waals surface area contributed by atoms with Crippen molar-refractivity contribution in [1.82, 2.24) is 5.23 Å². The Kier molecular flexibility index (Phi) is 3.77. The fraction of sp³-hybridized carbons (Fsp3) is 1.00. The molecule has 0 rings (SSSR count). The van der Waals surface area contributed by atoms with Crippen molar-refractivity contribution in [2.45, 2.75) is 32.7 Å². The predicted molar refractivity (Wildman–Crippen MR) is 31.4 cm³/mol. The number of nitrogens with zero attached hydrogens (tertiary/aromatic N) is 1. The third kappa shape index (κ3) is 2.96. The van der Waals surface area contributed by atoms with Gasteiger partial charge in [0.25, 0.3) is 0 Å². The molecule has 8 heavy (non-hydrogen) atoms. The third-order valence-electron chi connectivity index (χ3n) is 1.08. The van der Waals surface area contributed by atoms with Crippen molar-refractivity contribution in [2.75, 3.05) is 0 Å². The van der Waals surface area contributed by atoms with E-state index in [2.05, 4.69) is 0 Å². The molecule has 50 valence electrons. The molecule has 0 aliphatic rings. The first kappa shape index (κ1) is 7.88.